The largest absolute Gasteiger partial charge is 0.368 e. The minimum absolute atomic E-state index is 0.588. The lowest BCUT2D eigenvalue weighted by Crippen LogP contribution is -2.37. The van der Waals surface area contributed by atoms with Crippen molar-refractivity contribution in [2.45, 2.75) is 52.5 Å². The van der Waals surface area contributed by atoms with Crippen LogP contribution in [-0.4, -0.2) is 12.6 Å². The highest BCUT2D eigenvalue weighted by atomic mass is 35.5. The summed E-state index contributed by atoms with van der Waals surface area (Å²) in [7, 11) is 0. The fourth-order valence-electron chi connectivity index (χ4n) is 2.47. The quantitative estimate of drug-likeness (QED) is 0.623. The molecular formula is C16H26ClN. The molecule has 0 aliphatic carbocycles. The number of nitrogens with zero attached hydrogens (tertiary/aromatic N) is 1. The molecule has 1 aromatic carbocycles. The summed E-state index contributed by atoms with van der Waals surface area (Å²) in [5.41, 5.74) is 2.56. The Bertz CT molecular complexity index is 345. The zero-order valence-corrected chi connectivity index (χ0v) is 12.9. The molecule has 0 aliphatic heterocycles. The molecule has 0 radical (unpaired) electrons. The van der Waals surface area contributed by atoms with Gasteiger partial charge in [-0.2, -0.15) is 0 Å². The van der Waals surface area contributed by atoms with Gasteiger partial charge >= 0.3 is 0 Å². The van der Waals surface area contributed by atoms with Crippen molar-refractivity contribution in [1.82, 2.24) is 0 Å². The third-order valence-electron chi connectivity index (χ3n) is 3.39. The van der Waals surface area contributed by atoms with Crippen LogP contribution in [0.4, 0.5) is 5.69 Å². The second-order valence-electron chi connectivity index (χ2n) is 5.28. The number of alkyl halides is 1. The van der Waals surface area contributed by atoms with Crippen LogP contribution >= 0.6 is 11.6 Å². The van der Waals surface area contributed by atoms with Gasteiger partial charge in [-0.3, -0.25) is 0 Å². The van der Waals surface area contributed by atoms with E-state index in [1.807, 2.05) is 0 Å². The van der Waals surface area contributed by atoms with Crippen LogP contribution in [0.25, 0.3) is 0 Å². The summed E-state index contributed by atoms with van der Waals surface area (Å²) in [6, 6.07) is 9.14. The zero-order chi connectivity index (χ0) is 13.5. The van der Waals surface area contributed by atoms with E-state index in [1.165, 1.54) is 24.1 Å². The van der Waals surface area contributed by atoms with Crippen LogP contribution in [0.1, 0.15) is 46.1 Å². The predicted molar refractivity (Wildman–Crippen MR) is 82.6 cm³/mol. The highest BCUT2D eigenvalue weighted by molar-refractivity contribution is 6.17. The molecular weight excluding hydrogens is 242 g/mol. The van der Waals surface area contributed by atoms with Crippen molar-refractivity contribution in [2.75, 3.05) is 11.4 Å². The molecule has 0 aromatic heterocycles. The van der Waals surface area contributed by atoms with Crippen LogP contribution in [-0.2, 0) is 5.88 Å². The van der Waals surface area contributed by atoms with Crippen molar-refractivity contribution in [3.63, 3.8) is 0 Å². The van der Waals surface area contributed by atoms with E-state index in [4.69, 9.17) is 11.6 Å². The third-order valence-corrected chi connectivity index (χ3v) is 3.68. The fraction of sp³-hybridized carbons (Fsp3) is 0.625. The Hall–Kier alpha value is -0.690. The van der Waals surface area contributed by atoms with E-state index in [2.05, 4.69) is 56.9 Å². The Morgan fingerprint density at radius 1 is 1.11 bits per heavy atom. The smallest absolute Gasteiger partial charge is 0.0494 e. The number of halogens is 1. The lowest BCUT2D eigenvalue weighted by Gasteiger charge is -2.35. The molecule has 18 heavy (non-hydrogen) atoms. The summed E-state index contributed by atoms with van der Waals surface area (Å²) < 4.78 is 0. The van der Waals surface area contributed by atoms with Crippen LogP contribution in [0.3, 0.4) is 0 Å². The topological polar surface area (TPSA) is 3.24 Å². The molecule has 0 atom stereocenters. The summed E-state index contributed by atoms with van der Waals surface area (Å²) >= 11 is 6.08. The van der Waals surface area contributed by atoms with Crippen molar-refractivity contribution < 1.29 is 0 Å². The molecule has 0 saturated heterocycles. The zero-order valence-electron chi connectivity index (χ0n) is 12.1. The van der Waals surface area contributed by atoms with Gasteiger partial charge in [-0.25, -0.2) is 0 Å². The maximum absolute atomic E-state index is 6.08. The standard InChI is InChI=1S/C16H26ClN/c1-5-15(6-2)18(12-13(3)4)16-10-8-7-9-14(16)11-17/h7-10,13,15H,5-6,11-12H2,1-4H3. The normalized spacial score (nSPS) is 11.3. The first-order valence-corrected chi connectivity index (χ1v) is 7.57. The summed E-state index contributed by atoms with van der Waals surface area (Å²) in [5, 5.41) is 0. The van der Waals surface area contributed by atoms with E-state index < -0.39 is 0 Å². The number of anilines is 1. The monoisotopic (exact) mass is 267 g/mol. The number of hydrogen-bond acceptors (Lipinski definition) is 1. The van der Waals surface area contributed by atoms with Gasteiger partial charge < -0.3 is 4.90 Å². The highest BCUT2D eigenvalue weighted by Gasteiger charge is 2.18. The Morgan fingerprint density at radius 3 is 2.22 bits per heavy atom. The van der Waals surface area contributed by atoms with Gasteiger partial charge in [0.1, 0.15) is 0 Å². The Labute approximate surface area is 117 Å². The van der Waals surface area contributed by atoms with Gasteiger partial charge in [0.25, 0.3) is 0 Å². The van der Waals surface area contributed by atoms with Crippen molar-refractivity contribution in [2.24, 2.45) is 5.92 Å². The summed E-state index contributed by atoms with van der Waals surface area (Å²) in [6.07, 6.45) is 2.36. The number of hydrogen-bond donors (Lipinski definition) is 0. The third kappa shape index (κ3) is 3.91. The molecule has 2 heteroatoms. The minimum atomic E-state index is 0.588. The van der Waals surface area contributed by atoms with Crippen LogP contribution in [0, 0.1) is 5.92 Å². The molecule has 102 valence electrons. The Morgan fingerprint density at radius 2 is 1.72 bits per heavy atom. The molecule has 0 unspecified atom stereocenters. The number of benzene rings is 1. The van der Waals surface area contributed by atoms with Crippen molar-refractivity contribution in [1.29, 1.82) is 0 Å². The van der Waals surface area contributed by atoms with Crippen LogP contribution in [0.15, 0.2) is 24.3 Å². The first kappa shape index (κ1) is 15.4. The minimum Gasteiger partial charge on any atom is -0.368 e. The van der Waals surface area contributed by atoms with Crippen LogP contribution in [0.5, 0.6) is 0 Å². The average Bonchev–Trinajstić information content (AvgIpc) is 2.38. The first-order valence-electron chi connectivity index (χ1n) is 7.04. The van der Waals surface area contributed by atoms with Crippen LogP contribution < -0.4 is 4.90 Å². The lowest BCUT2D eigenvalue weighted by atomic mass is 10.0. The lowest BCUT2D eigenvalue weighted by molar-refractivity contribution is 0.506. The molecule has 0 fully saturated rings. The summed E-state index contributed by atoms with van der Waals surface area (Å²) in [6.45, 7) is 10.2. The van der Waals surface area contributed by atoms with Gasteiger partial charge in [0.05, 0.1) is 0 Å². The van der Waals surface area contributed by atoms with Gasteiger partial charge in [0, 0.05) is 24.2 Å². The van der Waals surface area contributed by atoms with E-state index in [9.17, 15) is 0 Å². The molecule has 0 saturated carbocycles. The van der Waals surface area contributed by atoms with Gasteiger partial charge in [-0.05, 0) is 30.4 Å². The average molecular weight is 268 g/mol. The van der Waals surface area contributed by atoms with Gasteiger partial charge in [0.2, 0.25) is 0 Å². The van der Waals surface area contributed by atoms with Gasteiger partial charge in [-0.15, -0.1) is 11.6 Å². The van der Waals surface area contributed by atoms with E-state index in [0.717, 1.165) is 6.54 Å². The van der Waals surface area contributed by atoms with Crippen molar-refractivity contribution in [3.05, 3.63) is 29.8 Å². The molecule has 1 nitrogen and oxygen atoms in total. The van der Waals surface area contributed by atoms with Crippen LogP contribution in [0.2, 0.25) is 0 Å². The molecule has 0 spiro atoms. The molecule has 0 heterocycles. The van der Waals surface area contributed by atoms with E-state index in [0.29, 0.717) is 17.8 Å². The van der Waals surface area contributed by atoms with Gasteiger partial charge in [-0.1, -0.05) is 45.9 Å². The van der Waals surface area contributed by atoms with Crippen molar-refractivity contribution >= 4 is 17.3 Å². The fourth-order valence-corrected chi connectivity index (χ4v) is 2.70. The molecule has 0 aliphatic rings. The maximum atomic E-state index is 6.08. The van der Waals surface area contributed by atoms with E-state index in [-0.39, 0.29) is 0 Å². The number of rotatable bonds is 7. The van der Waals surface area contributed by atoms with Gasteiger partial charge in [0.15, 0.2) is 0 Å². The highest BCUT2D eigenvalue weighted by Crippen LogP contribution is 2.27. The van der Waals surface area contributed by atoms with E-state index >= 15 is 0 Å². The first-order chi connectivity index (χ1) is 8.63. The SMILES string of the molecule is CCC(CC)N(CC(C)C)c1ccccc1CCl. The Kier molecular flexibility index (Phi) is 6.56. The molecule has 0 N–H and O–H groups in total. The Balaban J connectivity index is 3.07. The second kappa shape index (κ2) is 7.68. The summed E-state index contributed by atoms with van der Waals surface area (Å²) in [4.78, 5) is 2.54. The molecule has 1 aromatic rings. The number of para-hydroxylation sites is 1. The molecule has 0 bridgehead atoms. The molecule has 1 rings (SSSR count). The summed E-state index contributed by atoms with van der Waals surface area (Å²) in [5.74, 6) is 1.25. The van der Waals surface area contributed by atoms with Crippen molar-refractivity contribution in [3.8, 4) is 0 Å². The van der Waals surface area contributed by atoms with E-state index in [1.54, 1.807) is 0 Å². The molecule has 0 amide bonds. The maximum Gasteiger partial charge on any atom is 0.0494 e. The second-order valence-corrected chi connectivity index (χ2v) is 5.55. The predicted octanol–water partition coefficient (Wildman–Crippen LogP) is 5.08.